The number of ether oxygens (including phenoxy) is 2. The molecule has 0 bridgehead atoms. The lowest BCUT2D eigenvalue weighted by Gasteiger charge is -2.35. The molecule has 2 unspecified atom stereocenters. The van der Waals surface area contributed by atoms with Crippen molar-refractivity contribution in [3.63, 3.8) is 0 Å². The highest BCUT2D eigenvalue weighted by Crippen LogP contribution is 2.31. The Morgan fingerprint density at radius 1 is 1.23 bits per heavy atom. The molecule has 0 aromatic heterocycles. The zero-order valence-electron chi connectivity index (χ0n) is 18.2. The van der Waals surface area contributed by atoms with Gasteiger partial charge in [0.05, 0.1) is 25.9 Å². The Hall–Kier alpha value is -0.940. The van der Waals surface area contributed by atoms with E-state index in [1.54, 1.807) is 7.05 Å². The number of aliphatic hydroxyl groups is 1. The third-order valence-electron chi connectivity index (χ3n) is 6.06. The number of nitrogens with zero attached hydrogens (tertiary/aromatic N) is 2. The predicted octanol–water partition coefficient (Wildman–Crippen LogP) is 1.94. The summed E-state index contributed by atoms with van der Waals surface area (Å²) in [6.45, 7) is 8.72. The van der Waals surface area contributed by atoms with E-state index in [0.29, 0.717) is 6.61 Å². The fraction of sp³-hybridized carbons (Fsp3) is 0.682. The second-order valence-corrected chi connectivity index (χ2v) is 8.16. The Bertz CT molecular complexity index is 662. The van der Waals surface area contributed by atoms with Gasteiger partial charge in [-0.25, -0.2) is 0 Å². The smallest absolute Gasteiger partial charge is 0.191 e. The Balaban J connectivity index is 0.00000320. The van der Waals surface area contributed by atoms with E-state index >= 15 is 0 Å². The SMILES string of the molecule is CN=C(NCC(c1cccc(C)c1)N1CCOCC1)NCC1(CCO)CCOC1.I. The Morgan fingerprint density at radius 2 is 2.03 bits per heavy atom. The first-order chi connectivity index (χ1) is 14.2. The number of rotatable bonds is 8. The van der Waals surface area contributed by atoms with Crippen molar-refractivity contribution < 1.29 is 14.6 Å². The first kappa shape index (κ1) is 25.3. The van der Waals surface area contributed by atoms with Gasteiger partial charge in [0.2, 0.25) is 0 Å². The first-order valence-corrected chi connectivity index (χ1v) is 10.7. The molecule has 3 rings (SSSR count). The van der Waals surface area contributed by atoms with Gasteiger partial charge in [-0.05, 0) is 25.3 Å². The minimum absolute atomic E-state index is 0. The van der Waals surface area contributed by atoms with Crippen molar-refractivity contribution in [1.82, 2.24) is 15.5 Å². The van der Waals surface area contributed by atoms with Crippen LogP contribution in [0.1, 0.15) is 30.0 Å². The molecule has 7 nitrogen and oxygen atoms in total. The van der Waals surface area contributed by atoms with E-state index in [4.69, 9.17) is 9.47 Å². The standard InChI is InChI=1S/C22H36N4O3.HI/c1-18-4-3-5-19(14-18)20(26-8-12-28-13-9-26)15-24-21(23-2)25-16-22(6-10-27)7-11-29-17-22;/h3-5,14,20,27H,6-13,15-17H2,1-2H3,(H2,23,24,25);1H. The number of aryl methyl sites for hydroxylation is 1. The minimum atomic E-state index is -0.00742. The van der Waals surface area contributed by atoms with Crippen LogP contribution in [0.15, 0.2) is 29.3 Å². The fourth-order valence-electron chi connectivity index (χ4n) is 4.22. The van der Waals surface area contributed by atoms with Gasteiger partial charge in [-0.1, -0.05) is 29.8 Å². The number of nitrogens with one attached hydrogen (secondary N) is 2. The number of benzene rings is 1. The van der Waals surface area contributed by atoms with E-state index in [2.05, 4.69) is 51.7 Å². The van der Waals surface area contributed by atoms with Gasteiger partial charge in [0.25, 0.3) is 0 Å². The topological polar surface area (TPSA) is 78.4 Å². The molecular formula is C22H37IN4O3. The summed E-state index contributed by atoms with van der Waals surface area (Å²) in [4.78, 5) is 6.90. The lowest BCUT2D eigenvalue weighted by molar-refractivity contribution is 0.0170. The summed E-state index contributed by atoms with van der Waals surface area (Å²) in [5.74, 6) is 0.792. The average molecular weight is 532 g/mol. The summed E-state index contributed by atoms with van der Waals surface area (Å²) in [6.07, 6.45) is 1.72. The van der Waals surface area contributed by atoms with Crippen LogP contribution in [-0.4, -0.2) is 82.2 Å². The molecule has 30 heavy (non-hydrogen) atoms. The molecule has 170 valence electrons. The monoisotopic (exact) mass is 532 g/mol. The molecule has 2 heterocycles. The predicted molar refractivity (Wildman–Crippen MR) is 131 cm³/mol. The van der Waals surface area contributed by atoms with Gasteiger partial charge in [-0.3, -0.25) is 9.89 Å². The quantitative estimate of drug-likeness (QED) is 0.270. The maximum atomic E-state index is 9.44. The lowest BCUT2D eigenvalue weighted by atomic mass is 9.84. The average Bonchev–Trinajstić information content (AvgIpc) is 3.20. The van der Waals surface area contributed by atoms with E-state index in [9.17, 15) is 5.11 Å². The summed E-state index contributed by atoms with van der Waals surface area (Å²) in [7, 11) is 1.80. The van der Waals surface area contributed by atoms with E-state index in [1.807, 2.05) is 0 Å². The van der Waals surface area contributed by atoms with Crippen LogP contribution in [0.2, 0.25) is 0 Å². The third kappa shape index (κ3) is 7.05. The third-order valence-corrected chi connectivity index (χ3v) is 6.06. The zero-order valence-corrected chi connectivity index (χ0v) is 20.6. The van der Waals surface area contributed by atoms with Crippen LogP contribution < -0.4 is 10.6 Å². The van der Waals surface area contributed by atoms with Crippen LogP contribution in [0.4, 0.5) is 0 Å². The normalized spacial score (nSPS) is 23.6. The molecule has 1 aromatic rings. The van der Waals surface area contributed by atoms with Crippen LogP contribution in [0.5, 0.6) is 0 Å². The lowest BCUT2D eigenvalue weighted by Crippen LogP contribution is -2.48. The van der Waals surface area contributed by atoms with E-state index in [1.165, 1.54) is 11.1 Å². The van der Waals surface area contributed by atoms with Crippen LogP contribution >= 0.6 is 24.0 Å². The van der Waals surface area contributed by atoms with Crippen LogP contribution in [0.25, 0.3) is 0 Å². The molecule has 2 aliphatic heterocycles. The molecular weight excluding hydrogens is 495 g/mol. The highest BCUT2D eigenvalue weighted by molar-refractivity contribution is 14.0. The van der Waals surface area contributed by atoms with Crippen LogP contribution in [0, 0.1) is 12.3 Å². The molecule has 3 N–H and O–H groups in total. The van der Waals surface area contributed by atoms with E-state index in [-0.39, 0.29) is 42.0 Å². The van der Waals surface area contributed by atoms with Crippen molar-refractivity contribution in [1.29, 1.82) is 0 Å². The van der Waals surface area contributed by atoms with Gasteiger partial charge in [0, 0.05) is 51.9 Å². The summed E-state index contributed by atoms with van der Waals surface area (Å²) < 4.78 is 11.2. The van der Waals surface area contributed by atoms with Gasteiger partial charge < -0.3 is 25.2 Å². The Labute approximate surface area is 197 Å². The van der Waals surface area contributed by atoms with Crippen molar-refractivity contribution in [2.24, 2.45) is 10.4 Å². The Kier molecular flexibility index (Phi) is 10.8. The summed E-state index contributed by atoms with van der Waals surface area (Å²) >= 11 is 0. The largest absolute Gasteiger partial charge is 0.396 e. The van der Waals surface area contributed by atoms with Gasteiger partial charge in [-0.15, -0.1) is 24.0 Å². The number of guanidine groups is 1. The number of hydrogen-bond donors (Lipinski definition) is 3. The minimum Gasteiger partial charge on any atom is -0.396 e. The van der Waals surface area contributed by atoms with Gasteiger partial charge >= 0.3 is 0 Å². The molecule has 0 radical (unpaired) electrons. The van der Waals surface area contributed by atoms with Crippen LogP contribution in [-0.2, 0) is 9.47 Å². The highest BCUT2D eigenvalue weighted by atomic mass is 127. The number of morpholine rings is 1. The molecule has 0 aliphatic carbocycles. The Morgan fingerprint density at radius 3 is 2.67 bits per heavy atom. The second kappa shape index (κ2) is 12.8. The molecule has 8 heteroatoms. The van der Waals surface area contributed by atoms with Crippen molar-refractivity contribution >= 4 is 29.9 Å². The molecule has 2 atom stereocenters. The first-order valence-electron chi connectivity index (χ1n) is 10.7. The number of hydrogen-bond acceptors (Lipinski definition) is 5. The summed E-state index contributed by atoms with van der Waals surface area (Å²) in [6, 6.07) is 9.00. The second-order valence-electron chi connectivity index (χ2n) is 8.16. The molecule has 0 spiro atoms. The highest BCUT2D eigenvalue weighted by Gasteiger charge is 2.34. The molecule has 1 aromatic carbocycles. The maximum Gasteiger partial charge on any atom is 0.191 e. The van der Waals surface area contributed by atoms with Crippen molar-refractivity contribution in [2.75, 3.05) is 66.3 Å². The van der Waals surface area contributed by atoms with Crippen molar-refractivity contribution in [3.05, 3.63) is 35.4 Å². The number of aliphatic hydroxyl groups excluding tert-OH is 1. The van der Waals surface area contributed by atoms with Crippen LogP contribution in [0.3, 0.4) is 0 Å². The number of aliphatic imine (C=N–C) groups is 1. The van der Waals surface area contributed by atoms with Gasteiger partial charge in [-0.2, -0.15) is 0 Å². The number of halogens is 1. The summed E-state index contributed by atoms with van der Waals surface area (Å²) in [5, 5.41) is 16.4. The van der Waals surface area contributed by atoms with Crippen molar-refractivity contribution in [3.8, 4) is 0 Å². The summed E-state index contributed by atoms with van der Waals surface area (Å²) in [5.41, 5.74) is 2.58. The molecule has 2 saturated heterocycles. The maximum absolute atomic E-state index is 9.44. The van der Waals surface area contributed by atoms with Gasteiger partial charge in [0.1, 0.15) is 0 Å². The fourth-order valence-corrected chi connectivity index (χ4v) is 4.22. The zero-order chi connectivity index (χ0) is 20.5. The molecule has 2 aliphatic rings. The molecule has 0 saturated carbocycles. The van der Waals surface area contributed by atoms with E-state index < -0.39 is 0 Å². The molecule has 0 amide bonds. The van der Waals surface area contributed by atoms with E-state index in [0.717, 1.165) is 64.8 Å². The van der Waals surface area contributed by atoms with Crippen molar-refractivity contribution in [2.45, 2.75) is 25.8 Å². The molecule has 2 fully saturated rings. The van der Waals surface area contributed by atoms with Gasteiger partial charge in [0.15, 0.2) is 5.96 Å².